The van der Waals surface area contributed by atoms with Crippen molar-refractivity contribution < 1.29 is 14.3 Å². The molecule has 0 aromatic heterocycles. The van der Waals surface area contributed by atoms with Crippen LogP contribution in [0.15, 0.2) is 24.3 Å². The molecule has 0 saturated heterocycles. The molecule has 2 rings (SSSR count). The monoisotopic (exact) mass is 314 g/mol. The second-order valence-electron chi connectivity index (χ2n) is 6.16. The van der Waals surface area contributed by atoms with Crippen molar-refractivity contribution in [3.63, 3.8) is 0 Å². The van der Waals surface area contributed by atoms with Crippen LogP contribution in [-0.2, 0) is 9.53 Å². The maximum absolute atomic E-state index is 12.3. The minimum Gasteiger partial charge on any atom is -0.449 e. The van der Waals surface area contributed by atoms with Crippen LogP contribution in [0.5, 0.6) is 0 Å². The van der Waals surface area contributed by atoms with E-state index in [1.165, 1.54) is 6.92 Å². The number of aryl methyl sites for hydroxylation is 1. The van der Waals surface area contributed by atoms with Crippen LogP contribution in [0.2, 0.25) is 0 Å². The summed E-state index contributed by atoms with van der Waals surface area (Å²) in [6.07, 6.45) is 3.28. The molecule has 1 aromatic rings. The average Bonchev–Trinajstić information content (AvgIpc) is 2.55. The Morgan fingerprint density at radius 1 is 1.30 bits per heavy atom. The molecule has 5 heteroatoms. The summed E-state index contributed by atoms with van der Waals surface area (Å²) in [6.45, 7) is 3.41. The number of nitrogens with zero attached hydrogens (tertiary/aromatic N) is 1. The van der Waals surface area contributed by atoms with Gasteiger partial charge in [0.25, 0.3) is 5.91 Å². The van der Waals surface area contributed by atoms with E-state index in [1.54, 1.807) is 18.2 Å². The molecule has 122 valence electrons. The van der Waals surface area contributed by atoms with Crippen molar-refractivity contribution >= 4 is 11.9 Å². The summed E-state index contributed by atoms with van der Waals surface area (Å²) in [4.78, 5) is 24.4. The van der Waals surface area contributed by atoms with Crippen molar-refractivity contribution in [3.8, 4) is 6.07 Å². The Hall–Kier alpha value is -2.35. The Kier molecular flexibility index (Phi) is 5.38. The quantitative estimate of drug-likeness (QED) is 0.867. The number of carbonyl (C=O) groups is 2. The fraction of sp³-hybridized carbons (Fsp3) is 0.500. The molecule has 0 heterocycles. The van der Waals surface area contributed by atoms with Crippen LogP contribution in [0.3, 0.4) is 0 Å². The van der Waals surface area contributed by atoms with E-state index in [9.17, 15) is 14.9 Å². The van der Waals surface area contributed by atoms with E-state index < -0.39 is 23.5 Å². The molecular formula is C18H22N2O3. The molecule has 0 aliphatic heterocycles. The van der Waals surface area contributed by atoms with Gasteiger partial charge in [-0.05, 0) is 38.8 Å². The maximum atomic E-state index is 12.3. The van der Waals surface area contributed by atoms with Gasteiger partial charge < -0.3 is 10.1 Å². The lowest BCUT2D eigenvalue weighted by molar-refractivity contribution is -0.130. The standard InChI is InChI=1S/C18H22N2O3/c1-13-7-6-8-15(11-13)17(22)23-14(2)16(21)20-18(12-19)9-4-3-5-10-18/h6-8,11,14H,3-5,9-10H2,1-2H3,(H,20,21)/t14-/m0/s1. The molecule has 1 aliphatic rings. The molecule has 1 atom stereocenters. The predicted octanol–water partition coefficient (Wildman–Crippen LogP) is 2.88. The first kappa shape index (κ1) is 17.0. The van der Waals surface area contributed by atoms with E-state index in [-0.39, 0.29) is 0 Å². The van der Waals surface area contributed by atoms with Gasteiger partial charge in [-0.3, -0.25) is 4.79 Å². The van der Waals surface area contributed by atoms with E-state index in [0.717, 1.165) is 24.8 Å². The molecule has 1 aromatic carbocycles. The third-order valence-corrected chi connectivity index (χ3v) is 4.19. The van der Waals surface area contributed by atoms with Crippen molar-refractivity contribution in [2.45, 2.75) is 57.6 Å². The van der Waals surface area contributed by atoms with Gasteiger partial charge in [0, 0.05) is 0 Å². The normalized spacial score (nSPS) is 17.6. The summed E-state index contributed by atoms with van der Waals surface area (Å²) < 4.78 is 5.22. The van der Waals surface area contributed by atoms with Crippen LogP contribution in [-0.4, -0.2) is 23.5 Å². The Morgan fingerprint density at radius 3 is 2.61 bits per heavy atom. The first-order valence-corrected chi connectivity index (χ1v) is 7.97. The molecule has 1 N–H and O–H groups in total. The van der Waals surface area contributed by atoms with E-state index in [2.05, 4.69) is 11.4 Å². The van der Waals surface area contributed by atoms with E-state index in [0.29, 0.717) is 18.4 Å². The molecule has 0 bridgehead atoms. The number of hydrogen-bond acceptors (Lipinski definition) is 4. The summed E-state index contributed by atoms with van der Waals surface area (Å²) in [5.74, 6) is -0.958. The highest BCUT2D eigenvalue weighted by Crippen LogP contribution is 2.27. The number of amides is 1. The summed E-state index contributed by atoms with van der Waals surface area (Å²) in [5, 5.41) is 12.2. The number of rotatable bonds is 4. The molecule has 1 aliphatic carbocycles. The number of benzene rings is 1. The van der Waals surface area contributed by atoms with Crippen LogP contribution in [0, 0.1) is 18.3 Å². The molecule has 1 fully saturated rings. The smallest absolute Gasteiger partial charge is 0.338 e. The van der Waals surface area contributed by atoms with Crippen LogP contribution in [0.1, 0.15) is 54.9 Å². The minimum atomic E-state index is -0.935. The molecule has 1 saturated carbocycles. The first-order chi connectivity index (χ1) is 11.0. The first-order valence-electron chi connectivity index (χ1n) is 7.97. The molecular weight excluding hydrogens is 292 g/mol. The van der Waals surface area contributed by atoms with Crippen LogP contribution in [0.25, 0.3) is 0 Å². The third-order valence-electron chi connectivity index (χ3n) is 4.19. The van der Waals surface area contributed by atoms with Gasteiger partial charge >= 0.3 is 5.97 Å². The summed E-state index contributed by atoms with van der Waals surface area (Å²) in [5.41, 5.74) is 0.541. The summed E-state index contributed by atoms with van der Waals surface area (Å²) in [7, 11) is 0. The third kappa shape index (κ3) is 4.32. The van der Waals surface area contributed by atoms with Crippen molar-refractivity contribution in [3.05, 3.63) is 35.4 Å². The molecule has 23 heavy (non-hydrogen) atoms. The fourth-order valence-corrected chi connectivity index (χ4v) is 2.81. The highest BCUT2D eigenvalue weighted by atomic mass is 16.5. The summed E-state index contributed by atoms with van der Waals surface area (Å²) in [6, 6.07) is 9.24. The molecule has 0 unspecified atom stereocenters. The van der Waals surface area contributed by atoms with Gasteiger partial charge in [0.1, 0.15) is 5.54 Å². The topological polar surface area (TPSA) is 79.2 Å². The Balaban J connectivity index is 1.97. The predicted molar refractivity (Wildman–Crippen MR) is 85.6 cm³/mol. The fourth-order valence-electron chi connectivity index (χ4n) is 2.81. The zero-order valence-corrected chi connectivity index (χ0v) is 13.6. The van der Waals surface area contributed by atoms with E-state index in [4.69, 9.17) is 4.74 Å². The van der Waals surface area contributed by atoms with E-state index in [1.807, 2.05) is 13.0 Å². The molecule has 0 spiro atoms. The van der Waals surface area contributed by atoms with Crippen molar-refractivity contribution in [1.29, 1.82) is 5.26 Å². The Labute approximate surface area is 136 Å². The van der Waals surface area contributed by atoms with Crippen LogP contribution >= 0.6 is 0 Å². The molecule has 1 amide bonds. The van der Waals surface area contributed by atoms with Gasteiger partial charge in [0.2, 0.25) is 0 Å². The van der Waals surface area contributed by atoms with Crippen molar-refractivity contribution in [2.24, 2.45) is 0 Å². The second kappa shape index (κ2) is 7.28. The van der Waals surface area contributed by atoms with Gasteiger partial charge in [0.15, 0.2) is 6.10 Å². The van der Waals surface area contributed by atoms with E-state index >= 15 is 0 Å². The zero-order valence-electron chi connectivity index (χ0n) is 13.6. The number of nitriles is 1. The minimum absolute atomic E-state index is 0.414. The summed E-state index contributed by atoms with van der Waals surface area (Å²) >= 11 is 0. The average molecular weight is 314 g/mol. The number of esters is 1. The lowest BCUT2D eigenvalue weighted by Gasteiger charge is -2.32. The lowest BCUT2D eigenvalue weighted by atomic mass is 9.83. The van der Waals surface area contributed by atoms with Gasteiger partial charge in [-0.1, -0.05) is 37.0 Å². The highest BCUT2D eigenvalue weighted by molar-refractivity contribution is 5.92. The zero-order chi connectivity index (χ0) is 16.9. The number of carbonyl (C=O) groups excluding carboxylic acids is 2. The largest absolute Gasteiger partial charge is 0.449 e. The number of hydrogen-bond donors (Lipinski definition) is 1. The van der Waals surface area contributed by atoms with Gasteiger partial charge in [0.05, 0.1) is 11.6 Å². The number of ether oxygens (including phenoxy) is 1. The number of nitrogens with one attached hydrogen (secondary N) is 1. The second-order valence-corrected chi connectivity index (χ2v) is 6.16. The molecule has 0 radical (unpaired) electrons. The van der Waals surface area contributed by atoms with Gasteiger partial charge in [-0.2, -0.15) is 5.26 Å². The maximum Gasteiger partial charge on any atom is 0.338 e. The van der Waals surface area contributed by atoms with Crippen LogP contribution < -0.4 is 5.32 Å². The lowest BCUT2D eigenvalue weighted by Crippen LogP contribution is -2.52. The van der Waals surface area contributed by atoms with Crippen molar-refractivity contribution in [2.75, 3.05) is 0 Å². The van der Waals surface area contributed by atoms with Crippen LogP contribution in [0.4, 0.5) is 0 Å². The Bertz CT molecular complexity index is 627. The van der Waals surface area contributed by atoms with Gasteiger partial charge in [-0.15, -0.1) is 0 Å². The van der Waals surface area contributed by atoms with Crippen molar-refractivity contribution in [1.82, 2.24) is 5.32 Å². The van der Waals surface area contributed by atoms with Gasteiger partial charge in [-0.25, -0.2) is 4.79 Å². The highest BCUT2D eigenvalue weighted by Gasteiger charge is 2.35. The molecule has 5 nitrogen and oxygen atoms in total. The SMILES string of the molecule is Cc1cccc(C(=O)O[C@@H](C)C(=O)NC2(C#N)CCCCC2)c1. The Morgan fingerprint density at radius 2 is 2.00 bits per heavy atom.